The van der Waals surface area contributed by atoms with Crippen LogP contribution in [0.2, 0.25) is 0 Å². The smallest absolute Gasteiger partial charge is 0.399 e. The molecule has 8 heteroatoms. The highest BCUT2D eigenvalue weighted by atomic mass is 79.9. The Balaban J connectivity index is 0.000000129. The second-order valence-corrected chi connectivity index (χ2v) is 32.8. The highest BCUT2D eigenvalue weighted by molar-refractivity contribution is 9.10. The summed E-state index contributed by atoms with van der Waals surface area (Å²) in [6, 6.07) is 154. The maximum absolute atomic E-state index is 6.29. The zero-order valence-corrected chi connectivity index (χ0v) is 69.7. The number of fused-ring (bicyclic) bond motifs is 4. The number of nitrogens with zero attached hydrogens (tertiary/aromatic N) is 4. The molecule has 0 atom stereocenters. The minimum atomic E-state index is -0.414. The molecule has 1 saturated heterocycles. The van der Waals surface area contributed by atoms with Gasteiger partial charge in [-0.2, -0.15) is 0 Å². The third kappa shape index (κ3) is 16.0. The van der Waals surface area contributed by atoms with Gasteiger partial charge < -0.3 is 9.31 Å². The average Bonchev–Trinajstić information content (AvgIpc) is 1.39. The van der Waals surface area contributed by atoms with Crippen molar-refractivity contribution in [2.24, 2.45) is 0 Å². The van der Waals surface area contributed by atoms with Gasteiger partial charge in [-0.05, 0) is 179 Å². The second kappa shape index (κ2) is 34.2. The fourth-order valence-corrected chi connectivity index (χ4v) is 17.1. The second-order valence-electron chi connectivity index (χ2n) is 31.9. The molecule has 2 aromatic heterocycles. The molecule has 1 aliphatic heterocycles. The summed E-state index contributed by atoms with van der Waals surface area (Å²) in [5, 5.41) is 10.0. The van der Waals surface area contributed by atoms with E-state index in [-0.39, 0.29) is 0 Å². The monoisotopic (exact) mass is 1630 g/mol. The highest BCUT2D eigenvalue weighted by Gasteiger charge is 2.51. The Morgan fingerprint density at radius 2 is 0.451 bits per heavy atom. The van der Waals surface area contributed by atoms with E-state index < -0.39 is 18.3 Å². The lowest BCUT2D eigenvalue weighted by Gasteiger charge is -2.32. The Hall–Kier alpha value is -14.4. The molecule has 0 bridgehead atoms. The van der Waals surface area contributed by atoms with Crippen LogP contribution in [0.3, 0.4) is 0 Å². The summed E-state index contributed by atoms with van der Waals surface area (Å²) in [4.78, 5) is 20.9. The first-order valence-electron chi connectivity index (χ1n) is 41.5. The summed E-state index contributed by atoms with van der Waals surface area (Å²) in [6.07, 6.45) is 0. The van der Waals surface area contributed by atoms with Gasteiger partial charge in [0.1, 0.15) is 0 Å². The van der Waals surface area contributed by atoms with Gasteiger partial charge >= 0.3 is 7.12 Å². The molecule has 6 nitrogen and oxygen atoms in total. The first kappa shape index (κ1) is 77.5. The van der Waals surface area contributed by atoms with E-state index in [2.05, 4.69) is 414 Å². The molecule has 0 amide bonds. The third-order valence-electron chi connectivity index (χ3n) is 23.5. The predicted molar refractivity (Wildman–Crippen MR) is 515 cm³/mol. The summed E-state index contributed by atoms with van der Waals surface area (Å²) < 4.78 is 13.7. The maximum atomic E-state index is 6.29. The van der Waals surface area contributed by atoms with Gasteiger partial charge in [-0.25, -0.2) is 19.9 Å². The number of benzene rings is 18. The van der Waals surface area contributed by atoms with E-state index in [4.69, 9.17) is 29.2 Å². The largest absolute Gasteiger partial charge is 0.494 e. The molecular weight excluding hydrogens is 1550 g/mol. The van der Waals surface area contributed by atoms with Gasteiger partial charge in [-0.15, -0.1) is 0 Å². The molecule has 21 rings (SSSR count). The standard InChI is InChI=1S/C54H36N2.C34H31BN2O2.C26H17Br/c1-4-18-40(19-5-1)51-52(41-20-6-2-7-21-41)55-54(43-22-8-3-9-23-43)56-53(51)42-32-30-37(31-33-42)44-34-45(49-28-14-24-38-16-10-12-26-47(38)49)36-46(35-44)50-29-15-25-39-17-11-13-27-48(39)50;1-33(2)34(3,4)39-35(38-33)28-22-20-26(21-23-28)31-29(24-14-8-5-9-15-24)30(25-16-10-6-11-17-25)36-32(37-31)27-18-12-7-13-19-27;27-22-16-20(25-13-5-9-18-7-1-3-11-23(18)25)15-21(17-22)26-14-6-10-19-8-2-4-12-24(19)26/h1-36H;5-23H,1-4H3;1-17H. The van der Waals surface area contributed by atoms with Crippen molar-refractivity contribution in [3.63, 3.8) is 0 Å². The molecule has 0 spiro atoms. The van der Waals surface area contributed by atoms with Gasteiger partial charge in [0, 0.05) is 49.0 Å². The van der Waals surface area contributed by atoms with Crippen LogP contribution < -0.4 is 5.46 Å². The molecule has 0 unspecified atom stereocenters. The SMILES string of the molecule is Brc1cc(-c2cccc3ccccc23)cc(-c2cccc3ccccc23)c1.CC1(C)OB(c2ccc(-c3nc(-c4ccccc4)nc(-c4ccccc4)c3-c3ccccc3)cc2)OC1(C)C.c1ccc(-c2nc(-c3ccccc3)c(-c3ccccc3)c(-c3ccc(-c4cc(-c5cccc6ccccc56)cc(-c5cccc6ccccc56)c4)cc3)n2)cc1. The molecule has 18 aromatic carbocycles. The van der Waals surface area contributed by atoms with Crippen molar-refractivity contribution < 1.29 is 9.31 Å². The van der Waals surface area contributed by atoms with Gasteiger partial charge in [0.25, 0.3) is 0 Å². The molecule has 3 heterocycles. The van der Waals surface area contributed by atoms with E-state index in [1.165, 1.54) is 87.6 Å². The lowest BCUT2D eigenvalue weighted by Crippen LogP contribution is -2.41. The van der Waals surface area contributed by atoms with Crippen molar-refractivity contribution >= 4 is 71.6 Å². The van der Waals surface area contributed by atoms with E-state index in [1.807, 2.05) is 66.7 Å². The maximum Gasteiger partial charge on any atom is 0.494 e. The van der Waals surface area contributed by atoms with Crippen molar-refractivity contribution in [1.82, 2.24) is 19.9 Å². The number of aromatic nitrogens is 4. The number of hydrogen-bond donors (Lipinski definition) is 0. The summed E-state index contributed by atoms with van der Waals surface area (Å²) in [5.74, 6) is 1.39. The minimum Gasteiger partial charge on any atom is -0.399 e. The lowest BCUT2D eigenvalue weighted by molar-refractivity contribution is 0.00578. The van der Waals surface area contributed by atoms with Crippen LogP contribution in [0.15, 0.2) is 441 Å². The van der Waals surface area contributed by atoms with Gasteiger partial charge in [0.05, 0.1) is 34.0 Å². The molecule has 1 aliphatic rings. The van der Waals surface area contributed by atoms with Crippen LogP contribution >= 0.6 is 15.9 Å². The van der Waals surface area contributed by atoms with Crippen LogP contribution in [-0.2, 0) is 9.31 Å². The zero-order chi connectivity index (χ0) is 82.5. The molecule has 122 heavy (non-hydrogen) atoms. The van der Waals surface area contributed by atoms with Gasteiger partial charge in [-0.1, -0.05) is 416 Å². The fourth-order valence-electron chi connectivity index (χ4n) is 16.7. The molecule has 0 radical (unpaired) electrons. The van der Waals surface area contributed by atoms with Crippen molar-refractivity contribution in [2.45, 2.75) is 38.9 Å². The lowest BCUT2D eigenvalue weighted by atomic mass is 9.78. The molecule has 1 fully saturated rings. The number of halogens is 1. The Morgan fingerprint density at radius 3 is 0.770 bits per heavy atom. The van der Waals surface area contributed by atoms with Crippen molar-refractivity contribution in [1.29, 1.82) is 0 Å². The van der Waals surface area contributed by atoms with E-state index in [1.54, 1.807) is 0 Å². The van der Waals surface area contributed by atoms with Gasteiger partial charge in [0.2, 0.25) is 0 Å². The summed E-state index contributed by atoms with van der Waals surface area (Å²) in [5.41, 5.74) is 26.1. The molecule has 0 aliphatic carbocycles. The topological polar surface area (TPSA) is 70.0 Å². The van der Waals surface area contributed by atoms with Crippen molar-refractivity contribution in [3.05, 3.63) is 441 Å². The Kier molecular flexibility index (Phi) is 21.7. The van der Waals surface area contributed by atoms with E-state index in [0.29, 0.717) is 11.6 Å². The van der Waals surface area contributed by atoms with Crippen LogP contribution in [0, 0.1) is 0 Å². The Labute approximate surface area is 721 Å². The predicted octanol–water partition coefficient (Wildman–Crippen LogP) is 30.0. The summed E-state index contributed by atoms with van der Waals surface area (Å²) in [6.45, 7) is 8.30. The molecule has 0 N–H and O–H groups in total. The van der Waals surface area contributed by atoms with E-state index in [9.17, 15) is 0 Å². The van der Waals surface area contributed by atoms with Crippen LogP contribution in [0.25, 0.3) is 189 Å². The van der Waals surface area contributed by atoms with E-state index in [0.717, 1.165) is 99.5 Å². The van der Waals surface area contributed by atoms with Crippen LogP contribution in [0.5, 0.6) is 0 Å². The molecular formula is C114H84BBrN4O2. The van der Waals surface area contributed by atoms with Gasteiger partial charge in [0.15, 0.2) is 11.6 Å². The van der Waals surface area contributed by atoms with Crippen LogP contribution in [0.4, 0.5) is 0 Å². The quantitative estimate of drug-likeness (QED) is 0.101. The highest BCUT2D eigenvalue weighted by Crippen LogP contribution is 2.46. The Morgan fingerprint density at radius 1 is 0.213 bits per heavy atom. The fraction of sp³-hybridized carbons (Fsp3) is 0.0526. The van der Waals surface area contributed by atoms with Gasteiger partial charge in [-0.3, -0.25) is 0 Å². The third-order valence-corrected chi connectivity index (χ3v) is 24.0. The first-order chi connectivity index (χ1) is 59.9. The van der Waals surface area contributed by atoms with Crippen molar-refractivity contribution in [3.8, 4) is 146 Å². The van der Waals surface area contributed by atoms with Crippen molar-refractivity contribution in [2.75, 3.05) is 0 Å². The normalized spacial score (nSPS) is 12.7. The van der Waals surface area contributed by atoms with Crippen LogP contribution in [-0.4, -0.2) is 38.3 Å². The number of hydrogen-bond acceptors (Lipinski definition) is 6. The average molecular weight is 1630 g/mol. The molecule has 0 saturated carbocycles. The molecule has 20 aromatic rings. The Bertz CT molecular complexity index is 6950. The molecule has 582 valence electrons. The minimum absolute atomic E-state index is 0.390. The first-order valence-corrected chi connectivity index (χ1v) is 42.3. The summed E-state index contributed by atoms with van der Waals surface area (Å²) in [7, 11) is -0.414. The number of rotatable bonds is 14. The summed E-state index contributed by atoms with van der Waals surface area (Å²) >= 11 is 3.74. The van der Waals surface area contributed by atoms with Crippen LogP contribution in [0.1, 0.15) is 27.7 Å². The zero-order valence-electron chi connectivity index (χ0n) is 68.1. The van der Waals surface area contributed by atoms with E-state index >= 15 is 0 Å².